The Morgan fingerprint density at radius 3 is 2.59 bits per heavy atom. The summed E-state index contributed by atoms with van der Waals surface area (Å²) in [7, 11) is 1.80. The largest absolute Gasteiger partial charge is 0.373 e. The average Bonchev–Trinajstić information content (AvgIpc) is 2.96. The summed E-state index contributed by atoms with van der Waals surface area (Å²) in [6, 6.07) is 6.58. The molecule has 0 radical (unpaired) electrons. The van der Waals surface area contributed by atoms with Gasteiger partial charge < -0.3 is 10.2 Å². The lowest BCUT2D eigenvalue weighted by atomic mass is 10.0. The molecule has 1 amide bonds. The molecule has 1 aliphatic rings. The van der Waals surface area contributed by atoms with Gasteiger partial charge in [-0.3, -0.25) is 14.4 Å². The molecule has 39 heavy (non-hydrogen) atoms. The van der Waals surface area contributed by atoms with Gasteiger partial charge in [0.15, 0.2) is 0 Å². The predicted octanol–water partition coefficient (Wildman–Crippen LogP) is 3.96. The van der Waals surface area contributed by atoms with Gasteiger partial charge in [0, 0.05) is 63.6 Å². The maximum atomic E-state index is 15.5. The standard InChI is InChI=1S/C28H31ClFN7OS/c1-4-24-21(7-5-19-6-8-25(31-2)32-17-19)27(34-18-33-24)20-15-22(29)26(23(30)16-20)28(38)37-13-11-36(12-14-37)10-9-35-39-3/h6,8,15-18,35H,4,9-14H2,1-3H3,(H,31,32). The van der Waals surface area contributed by atoms with Crippen LogP contribution in [0, 0.1) is 17.7 Å². The lowest BCUT2D eigenvalue weighted by Gasteiger charge is -2.35. The Hall–Kier alpha value is -3.23. The van der Waals surface area contributed by atoms with Crippen molar-refractivity contribution in [1.29, 1.82) is 0 Å². The van der Waals surface area contributed by atoms with Gasteiger partial charge in [-0.05, 0) is 36.9 Å². The molecule has 204 valence electrons. The third kappa shape index (κ3) is 7.05. The number of hydrogen-bond acceptors (Lipinski definition) is 8. The third-order valence-electron chi connectivity index (χ3n) is 6.48. The molecule has 1 fully saturated rings. The number of halogens is 2. The van der Waals surface area contributed by atoms with E-state index < -0.39 is 11.7 Å². The van der Waals surface area contributed by atoms with E-state index in [4.69, 9.17) is 11.6 Å². The molecule has 0 spiro atoms. The Labute approximate surface area is 237 Å². The molecule has 1 aromatic carbocycles. The number of benzene rings is 1. The maximum absolute atomic E-state index is 15.5. The zero-order valence-electron chi connectivity index (χ0n) is 22.2. The number of carbonyl (C=O) groups excluding carboxylic acids is 1. The first-order valence-corrected chi connectivity index (χ1v) is 14.3. The first-order valence-electron chi connectivity index (χ1n) is 12.7. The van der Waals surface area contributed by atoms with Gasteiger partial charge in [-0.15, -0.1) is 0 Å². The van der Waals surface area contributed by atoms with Gasteiger partial charge in [0.2, 0.25) is 0 Å². The van der Waals surface area contributed by atoms with Crippen LogP contribution in [0.25, 0.3) is 11.3 Å². The van der Waals surface area contributed by atoms with E-state index in [-0.39, 0.29) is 10.6 Å². The molecule has 11 heteroatoms. The summed E-state index contributed by atoms with van der Waals surface area (Å²) in [5, 5.41) is 3.02. The van der Waals surface area contributed by atoms with Crippen molar-refractivity contribution in [2.24, 2.45) is 0 Å². The van der Waals surface area contributed by atoms with Crippen LogP contribution in [-0.4, -0.2) is 83.2 Å². The Balaban J connectivity index is 1.58. The Morgan fingerprint density at radius 1 is 1.15 bits per heavy atom. The number of carbonyl (C=O) groups is 1. The number of aryl methyl sites for hydroxylation is 1. The van der Waals surface area contributed by atoms with Crippen LogP contribution in [0.1, 0.15) is 34.1 Å². The van der Waals surface area contributed by atoms with Crippen LogP contribution in [0.15, 0.2) is 36.8 Å². The van der Waals surface area contributed by atoms with Crippen LogP contribution >= 0.6 is 23.5 Å². The highest BCUT2D eigenvalue weighted by Gasteiger charge is 2.27. The molecule has 4 rings (SSSR count). The van der Waals surface area contributed by atoms with E-state index in [1.807, 2.05) is 25.3 Å². The number of aromatic nitrogens is 3. The summed E-state index contributed by atoms with van der Waals surface area (Å²) in [4.78, 5) is 30.2. The van der Waals surface area contributed by atoms with Crippen LogP contribution in [0.5, 0.6) is 0 Å². The molecule has 1 saturated heterocycles. The molecule has 0 atom stereocenters. The molecule has 2 N–H and O–H groups in total. The Morgan fingerprint density at radius 2 is 1.95 bits per heavy atom. The summed E-state index contributed by atoms with van der Waals surface area (Å²) >= 11 is 8.12. The highest BCUT2D eigenvalue weighted by Crippen LogP contribution is 2.31. The Bertz CT molecular complexity index is 1350. The minimum Gasteiger partial charge on any atom is -0.373 e. The fraction of sp³-hybridized carbons (Fsp3) is 0.357. The van der Waals surface area contributed by atoms with E-state index in [0.717, 1.165) is 43.3 Å². The van der Waals surface area contributed by atoms with Gasteiger partial charge in [0.1, 0.15) is 18.0 Å². The van der Waals surface area contributed by atoms with Crippen molar-refractivity contribution < 1.29 is 9.18 Å². The lowest BCUT2D eigenvalue weighted by Crippen LogP contribution is -2.50. The van der Waals surface area contributed by atoms with Gasteiger partial charge in [0.25, 0.3) is 5.91 Å². The molecule has 1 aliphatic heterocycles. The smallest absolute Gasteiger partial charge is 0.258 e. The Kier molecular flexibility index (Phi) is 10.1. The lowest BCUT2D eigenvalue weighted by molar-refractivity contribution is 0.0636. The maximum Gasteiger partial charge on any atom is 0.258 e. The van der Waals surface area contributed by atoms with E-state index in [9.17, 15) is 4.79 Å². The quantitative estimate of drug-likeness (QED) is 0.240. The van der Waals surface area contributed by atoms with Crippen LogP contribution in [0.4, 0.5) is 10.2 Å². The highest BCUT2D eigenvalue weighted by molar-refractivity contribution is 7.96. The SMILES string of the molecule is CCc1ncnc(-c2cc(F)c(C(=O)N3CCN(CCNSC)CC3)c(Cl)c2)c1C#Cc1ccc(NC)nc1. The molecular formula is C28H31ClFN7OS. The number of hydrogen-bond donors (Lipinski definition) is 2. The second kappa shape index (κ2) is 13.7. The minimum atomic E-state index is -0.684. The van der Waals surface area contributed by atoms with E-state index in [0.29, 0.717) is 36.3 Å². The second-order valence-corrected chi connectivity index (χ2v) is 9.98. The summed E-state index contributed by atoms with van der Waals surface area (Å²) in [6.07, 6.45) is 5.71. The van der Waals surface area contributed by atoms with Crippen LogP contribution < -0.4 is 10.0 Å². The van der Waals surface area contributed by atoms with Gasteiger partial charge in [-0.1, -0.05) is 42.3 Å². The zero-order chi connectivity index (χ0) is 27.8. The molecule has 0 aliphatic carbocycles. The number of rotatable bonds is 8. The van der Waals surface area contributed by atoms with Crippen LogP contribution in [-0.2, 0) is 6.42 Å². The summed E-state index contributed by atoms with van der Waals surface area (Å²) in [6.45, 7) is 6.23. The number of pyridine rings is 1. The first-order chi connectivity index (χ1) is 18.9. The van der Waals surface area contributed by atoms with E-state index in [1.165, 1.54) is 12.4 Å². The first kappa shape index (κ1) is 28.8. The molecule has 0 bridgehead atoms. The molecule has 3 heterocycles. The average molecular weight is 568 g/mol. The third-order valence-corrected chi connectivity index (χ3v) is 7.27. The van der Waals surface area contributed by atoms with E-state index >= 15 is 4.39 Å². The van der Waals surface area contributed by atoms with Gasteiger partial charge in [0.05, 0.1) is 27.5 Å². The van der Waals surface area contributed by atoms with E-state index in [2.05, 4.69) is 41.7 Å². The van der Waals surface area contributed by atoms with Crippen molar-refractivity contribution in [2.75, 3.05) is 57.9 Å². The molecule has 8 nitrogen and oxygen atoms in total. The van der Waals surface area contributed by atoms with Crippen molar-refractivity contribution in [1.82, 2.24) is 29.5 Å². The summed E-state index contributed by atoms with van der Waals surface area (Å²) in [5.74, 6) is 5.90. The molecule has 0 unspecified atom stereocenters. The molecular weight excluding hydrogens is 537 g/mol. The monoisotopic (exact) mass is 567 g/mol. The topological polar surface area (TPSA) is 86.3 Å². The molecule has 2 aromatic heterocycles. The molecule has 0 saturated carbocycles. The van der Waals surface area contributed by atoms with Crippen molar-refractivity contribution in [3.63, 3.8) is 0 Å². The van der Waals surface area contributed by atoms with Crippen LogP contribution in [0.2, 0.25) is 5.02 Å². The van der Waals surface area contributed by atoms with Crippen molar-refractivity contribution in [3.8, 4) is 23.1 Å². The number of nitrogens with zero attached hydrogens (tertiary/aromatic N) is 5. The van der Waals surface area contributed by atoms with Gasteiger partial charge in [-0.2, -0.15) is 0 Å². The normalized spacial score (nSPS) is 13.6. The molecule has 3 aromatic rings. The fourth-order valence-electron chi connectivity index (χ4n) is 4.34. The van der Waals surface area contributed by atoms with Gasteiger partial charge >= 0.3 is 0 Å². The summed E-state index contributed by atoms with van der Waals surface area (Å²) < 4.78 is 18.7. The number of amides is 1. The number of anilines is 1. The van der Waals surface area contributed by atoms with Crippen LogP contribution in [0.3, 0.4) is 0 Å². The summed E-state index contributed by atoms with van der Waals surface area (Å²) in [5.41, 5.74) is 2.81. The van der Waals surface area contributed by atoms with Crippen molar-refractivity contribution in [2.45, 2.75) is 13.3 Å². The van der Waals surface area contributed by atoms with Crippen molar-refractivity contribution in [3.05, 3.63) is 70.0 Å². The minimum absolute atomic E-state index is 0.0454. The number of piperazine rings is 1. The highest BCUT2D eigenvalue weighted by atomic mass is 35.5. The predicted molar refractivity (Wildman–Crippen MR) is 155 cm³/mol. The fourth-order valence-corrected chi connectivity index (χ4v) is 4.93. The zero-order valence-corrected chi connectivity index (χ0v) is 23.8. The van der Waals surface area contributed by atoms with Crippen molar-refractivity contribution >= 4 is 35.3 Å². The number of nitrogens with one attached hydrogen (secondary N) is 2. The van der Waals surface area contributed by atoms with E-state index in [1.54, 1.807) is 36.2 Å². The van der Waals surface area contributed by atoms with Gasteiger partial charge in [-0.25, -0.2) is 19.3 Å². The second-order valence-electron chi connectivity index (χ2n) is 8.88.